The summed E-state index contributed by atoms with van der Waals surface area (Å²) in [5, 5.41) is 13.3. The molecule has 1 N–H and O–H groups in total. The van der Waals surface area contributed by atoms with Crippen LogP contribution in [0.4, 0.5) is 11.4 Å². The second-order valence-corrected chi connectivity index (χ2v) is 6.45. The number of hydrogen-bond acceptors (Lipinski definition) is 6. The average Bonchev–Trinajstić information content (AvgIpc) is 2.65. The summed E-state index contributed by atoms with van der Waals surface area (Å²) in [7, 11) is 0. The van der Waals surface area contributed by atoms with Crippen molar-refractivity contribution in [3.05, 3.63) is 63.7 Å². The number of hydrogen-bond donors (Lipinski definition) is 1. The maximum absolute atomic E-state index is 11.9. The molecule has 0 unspecified atom stereocenters. The van der Waals surface area contributed by atoms with Crippen LogP contribution in [0.2, 0.25) is 0 Å². The van der Waals surface area contributed by atoms with Crippen LogP contribution in [0.25, 0.3) is 0 Å². The van der Waals surface area contributed by atoms with Crippen molar-refractivity contribution in [1.29, 1.82) is 0 Å². The molecule has 0 radical (unpaired) electrons. The van der Waals surface area contributed by atoms with Crippen LogP contribution >= 0.6 is 0 Å². The molecule has 0 spiro atoms. The lowest BCUT2D eigenvalue weighted by Crippen LogP contribution is -2.24. The van der Waals surface area contributed by atoms with E-state index in [0.29, 0.717) is 11.7 Å². The molecule has 1 amide bonds. The smallest absolute Gasteiger partial charge is 0.344 e. The third-order valence-electron chi connectivity index (χ3n) is 3.96. The Balaban J connectivity index is 1.85. The monoisotopic (exact) mass is 386 g/mol. The van der Waals surface area contributed by atoms with Gasteiger partial charge in [0.05, 0.1) is 4.92 Å². The molecular weight excluding hydrogens is 364 g/mol. The van der Waals surface area contributed by atoms with Gasteiger partial charge in [-0.1, -0.05) is 38.1 Å². The van der Waals surface area contributed by atoms with Crippen molar-refractivity contribution in [2.45, 2.75) is 26.7 Å². The summed E-state index contributed by atoms with van der Waals surface area (Å²) < 4.78 is 10.4. The van der Waals surface area contributed by atoms with Crippen LogP contribution in [0, 0.1) is 17.0 Å². The number of carbonyl (C=O) groups is 2. The summed E-state index contributed by atoms with van der Waals surface area (Å²) in [5.41, 5.74) is 1.75. The first-order valence-corrected chi connectivity index (χ1v) is 8.70. The quantitative estimate of drug-likeness (QED) is 0.422. The molecule has 0 aromatic heterocycles. The second-order valence-electron chi connectivity index (χ2n) is 6.45. The highest BCUT2D eigenvalue weighted by Crippen LogP contribution is 2.24. The van der Waals surface area contributed by atoms with Crippen LogP contribution in [-0.4, -0.2) is 30.0 Å². The fourth-order valence-electron chi connectivity index (χ4n) is 2.38. The molecule has 0 aliphatic heterocycles. The Morgan fingerprint density at radius 2 is 1.86 bits per heavy atom. The van der Waals surface area contributed by atoms with E-state index in [0.717, 1.165) is 11.1 Å². The largest absolute Gasteiger partial charge is 0.482 e. The molecule has 2 aromatic carbocycles. The van der Waals surface area contributed by atoms with Crippen molar-refractivity contribution in [2.75, 3.05) is 18.5 Å². The summed E-state index contributed by atoms with van der Waals surface area (Å²) in [6, 6.07) is 11.5. The van der Waals surface area contributed by atoms with Gasteiger partial charge in [-0.2, -0.15) is 0 Å². The Labute approximate surface area is 162 Å². The number of nitrogens with zero attached hydrogens (tertiary/aromatic N) is 1. The highest BCUT2D eigenvalue weighted by molar-refractivity contribution is 5.94. The van der Waals surface area contributed by atoms with Gasteiger partial charge in [-0.3, -0.25) is 14.9 Å². The van der Waals surface area contributed by atoms with Crippen LogP contribution in [0.1, 0.15) is 30.9 Å². The Hall–Kier alpha value is -3.42. The number of rotatable bonds is 8. The molecule has 0 aliphatic rings. The van der Waals surface area contributed by atoms with Gasteiger partial charge >= 0.3 is 5.97 Å². The van der Waals surface area contributed by atoms with Gasteiger partial charge < -0.3 is 14.8 Å². The van der Waals surface area contributed by atoms with Crippen LogP contribution < -0.4 is 10.1 Å². The van der Waals surface area contributed by atoms with Crippen molar-refractivity contribution < 1.29 is 24.0 Å². The maximum Gasteiger partial charge on any atom is 0.344 e. The Kier molecular flexibility index (Phi) is 7.08. The van der Waals surface area contributed by atoms with Gasteiger partial charge in [0.1, 0.15) is 11.4 Å². The average molecular weight is 386 g/mol. The second kappa shape index (κ2) is 9.50. The molecule has 148 valence electrons. The number of nitro benzene ring substituents is 1. The maximum atomic E-state index is 11.9. The van der Waals surface area contributed by atoms with E-state index in [2.05, 4.69) is 19.2 Å². The van der Waals surface area contributed by atoms with Crippen LogP contribution in [0.15, 0.2) is 42.5 Å². The molecule has 0 fully saturated rings. The number of amides is 1. The molecule has 8 heteroatoms. The highest BCUT2D eigenvalue weighted by Gasteiger charge is 2.16. The number of aryl methyl sites for hydroxylation is 1. The van der Waals surface area contributed by atoms with Crippen LogP contribution in [0.3, 0.4) is 0 Å². The molecule has 0 bridgehead atoms. The zero-order chi connectivity index (χ0) is 20.7. The van der Waals surface area contributed by atoms with Gasteiger partial charge in [0.2, 0.25) is 0 Å². The summed E-state index contributed by atoms with van der Waals surface area (Å²) >= 11 is 0. The van der Waals surface area contributed by atoms with E-state index in [1.54, 1.807) is 6.07 Å². The van der Waals surface area contributed by atoms with Crippen LogP contribution in [0.5, 0.6) is 5.75 Å². The number of anilines is 1. The summed E-state index contributed by atoms with van der Waals surface area (Å²) in [4.78, 5) is 34.1. The van der Waals surface area contributed by atoms with E-state index in [1.165, 1.54) is 18.2 Å². The Bertz CT molecular complexity index is 879. The molecule has 0 atom stereocenters. The number of benzene rings is 2. The number of ether oxygens (including phenoxy) is 2. The zero-order valence-electron chi connectivity index (χ0n) is 15.9. The van der Waals surface area contributed by atoms with Gasteiger partial charge in [-0.25, -0.2) is 4.79 Å². The minimum absolute atomic E-state index is 0.0333. The van der Waals surface area contributed by atoms with Crippen molar-refractivity contribution in [2.24, 2.45) is 0 Å². The van der Waals surface area contributed by atoms with E-state index in [-0.39, 0.29) is 18.0 Å². The van der Waals surface area contributed by atoms with Crippen molar-refractivity contribution >= 4 is 23.3 Å². The number of para-hydroxylation sites is 2. The SMILES string of the molecule is Cc1ccc(C(C)C)cc1OCC(=O)OCC(=O)Nc1ccccc1[N+](=O)[O-]. The van der Waals surface area contributed by atoms with Gasteiger partial charge in [-0.15, -0.1) is 0 Å². The minimum Gasteiger partial charge on any atom is -0.482 e. The summed E-state index contributed by atoms with van der Waals surface area (Å²) in [5.74, 6) is -0.499. The van der Waals surface area contributed by atoms with Crippen molar-refractivity contribution in [1.82, 2.24) is 0 Å². The number of nitrogens with one attached hydrogen (secondary N) is 1. The van der Waals surface area contributed by atoms with Gasteiger partial charge in [0.25, 0.3) is 11.6 Å². The molecule has 2 rings (SSSR count). The van der Waals surface area contributed by atoms with E-state index in [9.17, 15) is 19.7 Å². The third kappa shape index (κ3) is 5.80. The lowest BCUT2D eigenvalue weighted by molar-refractivity contribution is -0.383. The lowest BCUT2D eigenvalue weighted by Gasteiger charge is -2.12. The van der Waals surface area contributed by atoms with Gasteiger partial charge in [-0.05, 0) is 36.1 Å². The minimum atomic E-state index is -0.716. The van der Waals surface area contributed by atoms with E-state index < -0.39 is 23.4 Å². The first-order chi connectivity index (χ1) is 13.3. The molecule has 28 heavy (non-hydrogen) atoms. The molecular formula is C20H22N2O6. The Morgan fingerprint density at radius 1 is 1.14 bits per heavy atom. The van der Waals surface area contributed by atoms with Gasteiger partial charge in [0, 0.05) is 6.07 Å². The first kappa shape index (κ1) is 20.9. The topological polar surface area (TPSA) is 108 Å². The van der Waals surface area contributed by atoms with E-state index in [4.69, 9.17) is 9.47 Å². The summed E-state index contributed by atoms with van der Waals surface area (Å²) in [6.45, 7) is 5.06. The first-order valence-electron chi connectivity index (χ1n) is 8.70. The number of esters is 1. The fourth-order valence-corrected chi connectivity index (χ4v) is 2.38. The van der Waals surface area contributed by atoms with Gasteiger partial charge in [0.15, 0.2) is 13.2 Å². The predicted molar refractivity (Wildman–Crippen MR) is 103 cm³/mol. The molecule has 0 heterocycles. The normalized spacial score (nSPS) is 10.4. The standard InChI is InChI=1S/C20H22N2O6/c1-13(2)15-9-8-14(3)18(10-15)27-12-20(24)28-11-19(23)21-16-6-4-5-7-17(16)22(25)26/h4-10,13H,11-12H2,1-3H3,(H,21,23). The Morgan fingerprint density at radius 3 is 2.54 bits per heavy atom. The lowest BCUT2D eigenvalue weighted by atomic mass is 10.0. The number of carbonyl (C=O) groups excluding carboxylic acids is 2. The molecule has 2 aromatic rings. The molecule has 0 saturated heterocycles. The fraction of sp³-hybridized carbons (Fsp3) is 0.300. The summed E-state index contributed by atoms with van der Waals surface area (Å²) in [6.07, 6.45) is 0. The number of nitro groups is 1. The highest BCUT2D eigenvalue weighted by atomic mass is 16.6. The van der Waals surface area contributed by atoms with Crippen molar-refractivity contribution in [3.63, 3.8) is 0 Å². The third-order valence-corrected chi connectivity index (χ3v) is 3.96. The van der Waals surface area contributed by atoms with E-state index in [1.807, 2.05) is 25.1 Å². The molecule has 0 aliphatic carbocycles. The zero-order valence-corrected chi connectivity index (χ0v) is 15.9. The predicted octanol–water partition coefficient (Wildman–Crippen LogP) is 3.59. The van der Waals surface area contributed by atoms with Crippen molar-refractivity contribution in [3.8, 4) is 5.75 Å². The molecule has 0 saturated carbocycles. The molecule has 8 nitrogen and oxygen atoms in total. The van der Waals surface area contributed by atoms with E-state index >= 15 is 0 Å². The van der Waals surface area contributed by atoms with Crippen LogP contribution in [-0.2, 0) is 14.3 Å².